The van der Waals surface area contributed by atoms with Crippen molar-refractivity contribution in [2.24, 2.45) is 5.92 Å². The molecule has 2 atom stereocenters. The van der Waals surface area contributed by atoms with Crippen LogP contribution in [-0.4, -0.2) is 48.4 Å². The van der Waals surface area contributed by atoms with Crippen LogP contribution in [-0.2, 0) is 0 Å². The molecular formula is C14H20N2O2. The number of furan rings is 1. The second-order valence-electron chi connectivity index (χ2n) is 5.61. The first-order valence-corrected chi connectivity index (χ1v) is 6.76. The summed E-state index contributed by atoms with van der Waals surface area (Å²) in [7, 11) is 2.19. The van der Waals surface area contributed by atoms with Gasteiger partial charge in [0, 0.05) is 25.7 Å². The van der Waals surface area contributed by atoms with Gasteiger partial charge in [-0.1, -0.05) is 6.42 Å². The van der Waals surface area contributed by atoms with Crippen molar-refractivity contribution in [3.05, 3.63) is 24.2 Å². The number of rotatable bonds is 1. The topological polar surface area (TPSA) is 36.7 Å². The first-order chi connectivity index (χ1) is 8.74. The van der Waals surface area contributed by atoms with Crippen molar-refractivity contribution in [2.75, 3.05) is 26.7 Å². The predicted octanol–water partition coefficient (Wildman–Crippen LogP) is 1.84. The number of amides is 1. The zero-order chi connectivity index (χ0) is 12.5. The molecule has 3 heterocycles. The van der Waals surface area contributed by atoms with Crippen molar-refractivity contribution >= 4 is 5.91 Å². The normalized spacial score (nSPS) is 29.1. The average molecular weight is 248 g/mol. The SMILES string of the molecule is CN1C[C@@H]2CCC[C@H]1CN(C(=O)c1ccoc1)C2. The Labute approximate surface area is 108 Å². The Bertz CT molecular complexity index is 415. The smallest absolute Gasteiger partial charge is 0.257 e. The molecule has 2 bridgehead atoms. The summed E-state index contributed by atoms with van der Waals surface area (Å²) < 4.78 is 5.01. The van der Waals surface area contributed by atoms with E-state index >= 15 is 0 Å². The van der Waals surface area contributed by atoms with Gasteiger partial charge in [0.15, 0.2) is 0 Å². The lowest BCUT2D eigenvalue weighted by Gasteiger charge is -2.29. The van der Waals surface area contributed by atoms with E-state index in [2.05, 4.69) is 11.9 Å². The Morgan fingerprint density at radius 2 is 2.22 bits per heavy atom. The molecular weight excluding hydrogens is 228 g/mol. The average Bonchev–Trinajstić information content (AvgIpc) is 2.74. The highest BCUT2D eigenvalue weighted by Gasteiger charge is 2.33. The lowest BCUT2D eigenvalue weighted by Crippen LogP contribution is -2.41. The highest BCUT2D eigenvalue weighted by atomic mass is 16.3. The molecule has 0 unspecified atom stereocenters. The summed E-state index contributed by atoms with van der Waals surface area (Å²) in [6, 6.07) is 2.28. The Hall–Kier alpha value is -1.29. The molecule has 0 aromatic carbocycles. The zero-order valence-electron chi connectivity index (χ0n) is 10.8. The minimum atomic E-state index is 0.121. The summed E-state index contributed by atoms with van der Waals surface area (Å²) in [6.45, 7) is 2.88. The van der Waals surface area contributed by atoms with Crippen molar-refractivity contribution in [2.45, 2.75) is 25.3 Å². The predicted molar refractivity (Wildman–Crippen MR) is 68.4 cm³/mol. The van der Waals surface area contributed by atoms with Gasteiger partial charge >= 0.3 is 0 Å². The summed E-state index contributed by atoms with van der Waals surface area (Å²) in [5, 5.41) is 0. The molecule has 1 amide bonds. The molecule has 4 nitrogen and oxygen atoms in total. The van der Waals surface area contributed by atoms with E-state index < -0.39 is 0 Å². The van der Waals surface area contributed by atoms with Gasteiger partial charge in [-0.25, -0.2) is 0 Å². The van der Waals surface area contributed by atoms with E-state index in [0.29, 0.717) is 17.5 Å². The molecule has 0 N–H and O–H groups in total. The van der Waals surface area contributed by atoms with Crippen LogP contribution in [0.2, 0.25) is 0 Å². The van der Waals surface area contributed by atoms with E-state index in [0.717, 1.165) is 19.6 Å². The van der Waals surface area contributed by atoms with Gasteiger partial charge in [-0.2, -0.15) is 0 Å². The van der Waals surface area contributed by atoms with Crippen LogP contribution < -0.4 is 0 Å². The summed E-state index contributed by atoms with van der Waals surface area (Å²) in [6.07, 6.45) is 6.87. The number of likely N-dealkylation sites (tertiary alicyclic amines) is 1. The van der Waals surface area contributed by atoms with Crippen LogP contribution in [0.4, 0.5) is 0 Å². The molecule has 4 heteroatoms. The van der Waals surface area contributed by atoms with Crippen LogP contribution in [0.1, 0.15) is 29.6 Å². The second kappa shape index (κ2) is 4.76. The maximum atomic E-state index is 12.4. The third kappa shape index (κ3) is 2.17. The largest absolute Gasteiger partial charge is 0.472 e. The standard InChI is InChI=1S/C14H20N2O2/c1-15-7-11-3-2-4-13(15)9-16(8-11)14(17)12-5-6-18-10-12/h5-6,10-11,13H,2-4,7-9H2,1H3/t11-,13-/m0/s1. The third-order valence-corrected chi connectivity index (χ3v) is 4.28. The monoisotopic (exact) mass is 248 g/mol. The van der Waals surface area contributed by atoms with Crippen LogP contribution in [0, 0.1) is 5.92 Å². The molecule has 2 fully saturated rings. The van der Waals surface area contributed by atoms with Gasteiger partial charge in [-0.3, -0.25) is 4.79 Å². The summed E-state index contributed by atoms with van der Waals surface area (Å²) in [4.78, 5) is 16.8. The first kappa shape index (κ1) is 11.8. The Balaban J connectivity index is 1.80. The summed E-state index contributed by atoms with van der Waals surface area (Å²) in [5.41, 5.74) is 0.678. The molecule has 2 aliphatic rings. The molecule has 0 radical (unpaired) electrons. The van der Waals surface area contributed by atoms with Gasteiger partial charge in [0.25, 0.3) is 5.91 Å². The van der Waals surface area contributed by atoms with Crippen molar-refractivity contribution in [3.8, 4) is 0 Å². The fourth-order valence-electron chi connectivity index (χ4n) is 3.27. The van der Waals surface area contributed by atoms with Crippen molar-refractivity contribution in [3.63, 3.8) is 0 Å². The van der Waals surface area contributed by atoms with E-state index in [1.54, 1.807) is 18.6 Å². The van der Waals surface area contributed by atoms with Crippen LogP contribution in [0.3, 0.4) is 0 Å². The molecule has 0 spiro atoms. The van der Waals surface area contributed by atoms with Gasteiger partial charge in [-0.05, 0) is 31.9 Å². The lowest BCUT2D eigenvalue weighted by atomic mass is 9.99. The van der Waals surface area contributed by atoms with Gasteiger partial charge in [-0.15, -0.1) is 0 Å². The molecule has 1 aromatic rings. The second-order valence-corrected chi connectivity index (χ2v) is 5.61. The number of likely N-dealkylation sites (N-methyl/N-ethyl adjacent to an activating group) is 1. The molecule has 2 aliphatic heterocycles. The van der Waals surface area contributed by atoms with Crippen LogP contribution in [0.5, 0.6) is 0 Å². The molecule has 0 aliphatic carbocycles. The van der Waals surface area contributed by atoms with E-state index in [1.807, 2.05) is 4.90 Å². The highest BCUT2D eigenvalue weighted by Crippen LogP contribution is 2.26. The van der Waals surface area contributed by atoms with Gasteiger partial charge < -0.3 is 14.2 Å². The number of nitrogens with zero attached hydrogens (tertiary/aromatic N) is 2. The van der Waals surface area contributed by atoms with Crippen molar-refractivity contribution in [1.29, 1.82) is 0 Å². The number of hydrogen-bond donors (Lipinski definition) is 0. The van der Waals surface area contributed by atoms with E-state index in [1.165, 1.54) is 19.3 Å². The summed E-state index contributed by atoms with van der Waals surface area (Å²) >= 11 is 0. The van der Waals surface area contributed by atoms with E-state index in [-0.39, 0.29) is 5.91 Å². The number of hydrogen-bond acceptors (Lipinski definition) is 3. The molecule has 98 valence electrons. The van der Waals surface area contributed by atoms with E-state index in [9.17, 15) is 4.79 Å². The van der Waals surface area contributed by atoms with Gasteiger partial charge in [0.2, 0.25) is 0 Å². The number of fused-ring (bicyclic) bond motifs is 3. The van der Waals surface area contributed by atoms with E-state index in [4.69, 9.17) is 4.42 Å². The third-order valence-electron chi connectivity index (χ3n) is 4.28. The molecule has 3 rings (SSSR count). The summed E-state index contributed by atoms with van der Waals surface area (Å²) in [5.74, 6) is 0.745. The lowest BCUT2D eigenvalue weighted by molar-refractivity contribution is 0.0709. The molecule has 0 saturated carbocycles. The maximum absolute atomic E-state index is 12.4. The van der Waals surface area contributed by atoms with Gasteiger partial charge in [0.05, 0.1) is 11.8 Å². The Morgan fingerprint density at radius 3 is 3.00 bits per heavy atom. The number of carbonyl (C=O) groups is 1. The van der Waals surface area contributed by atoms with Crippen LogP contribution in [0.25, 0.3) is 0 Å². The highest BCUT2D eigenvalue weighted by molar-refractivity contribution is 5.93. The van der Waals surface area contributed by atoms with Crippen LogP contribution in [0.15, 0.2) is 23.0 Å². The fourth-order valence-corrected chi connectivity index (χ4v) is 3.27. The minimum absolute atomic E-state index is 0.121. The molecule has 18 heavy (non-hydrogen) atoms. The fraction of sp³-hybridized carbons (Fsp3) is 0.643. The quantitative estimate of drug-likeness (QED) is 0.761. The Kier molecular flexibility index (Phi) is 3.12. The number of carbonyl (C=O) groups excluding carboxylic acids is 1. The van der Waals surface area contributed by atoms with Gasteiger partial charge in [0.1, 0.15) is 6.26 Å². The maximum Gasteiger partial charge on any atom is 0.257 e. The van der Waals surface area contributed by atoms with Crippen molar-refractivity contribution < 1.29 is 9.21 Å². The molecule has 2 saturated heterocycles. The minimum Gasteiger partial charge on any atom is -0.472 e. The zero-order valence-corrected chi connectivity index (χ0v) is 10.8. The van der Waals surface area contributed by atoms with Crippen LogP contribution >= 0.6 is 0 Å². The molecule has 1 aromatic heterocycles. The first-order valence-electron chi connectivity index (χ1n) is 6.76. The Morgan fingerprint density at radius 1 is 1.33 bits per heavy atom. The van der Waals surface area contributed by atoms with Crippen molar-refractivity contribution in [1.82, 2.24) is 9.80 Å².